The number of hydrogen-bond acceptors (Lipinski definition) is 3. The van der Waals surface area contributed by atoms with Crippen LogP contribution in [-0.4, -0.2) is 26.3 Å². The molecule has 1 N–H and O–H groups in total. The molecule has 5 rings (SSSR count). The van der Waals surface area contributed by atoms with E-state index in [1.807, 2.05) is 6.92 Å². The highest BCUT2D eigenvalue weighted by molar-refractivity contribution is 5.82. The lowest BCUT2D eigenvalue weighted by Crippen LogP contribution is -2.51. The topological polar surface area (TPSA) is 59.5 Å². The van der Waals surface area contributed by atoms with Crippen molar-refractivity contribution in [3.05, 3.63) is 23.8 Å². The summed E-state index contributed by atoms with van der Waals surface area (Å²) in [4.78, 5) is 16.8. The lowest BCUT2D eigenvalue weighted by molar-refractivity contribution is -0.133. The normalized spacial score (nSPS) is 46.5. The molecule has 4 aliphatic rings. The van der Waals surface area contributed by atoms with Crippen LogP contribution in [0.3, 0.4) is 0 Å². The van der Waals surface area contributed by atoms with E-state index in [0.717, 1.165) is 43.4 Å². The Morgan fingerprint density at radius 3 is 2.74 bits per heavy atom. The Morgan fingerprint density at radius 1 is 1.23 bits per heavy atom. The highest BCUT2D eigenvalue weighted by Crippen LogP contribution is 2.66. The van der Waals surface area contributed by atoms with Gasteiger partial charge >= 0.3 is 0 Å². The van der Waals surface area contributed by atoms with Crippen molar-refractivity contribution in [1.29, 1.82) is 0 Å². The molecule has 0 amide bonds. The van der Waals surface area contributed by atoms with Crippen LogP contribution in [-0.2, 0) is 11.3 Å². The van der Waals surface area contributed by atoms with E-state index in [-0.39, 0.29) is 11.3 Å². The molecule has 1 aromatic heterocycles. The molecule has 5 heteroatoms. The quantitative estimate of drug-likeness (QED) is 0.674. The molecule has 0 aromatic carbocycles. The lowest BCUT2D eigenvalue weighted by atomic mass is 9.48. The Morgan fingerprint density at radius 2 is 2.00 bits per heavy atom. The minimum Gasteiger partial charge on any atom is -0.390 e. The number of hydrogen-bond donors (Lipinski definition) is 1. The fraction of sp³-hybridized carbons (Fsp3) is 0.808. The van der Waals surface area contributed by atoms with Crippen LogP contribution in [0.15, 0.2) is 12.4 Å². The van der Waals surface area contributed by atoms with Crippen molar-refractivity contribution >= 4 is 11.5 Å². The van der Waals surface area contributed by atoms with Crippen LogP contribution in [0.5, 0.6) is 0 Å². The van der Waals surface area contributed by atoms with Crippen LogP contribution in [0.4, 0.5) is 5.69 Å². The van der Waals surface area contributed by atoms with Crippen molar-refractivity contribution in [3.8, 4) is 0 Å². The van der Waals surface area contributed by atoms with Gasteiger partial charge in [-0.05, 0) is 99.2 Å². The van der Waals surface area contributed by atoms with Gasteiger partial charge in [-0.2, -0.15) is 5.10 Å². The van der Waals surface area contributed by atoms with Crippen molar-refractivity contribution in [1.82, 2.24) is 9.78 Å². The van der Waals surface area contributed by atoms with Crippen molar-refractivity contribution in [2.24, 2.45) is 46.8 Å². The van der Waals surface area contributed by atoms with Gasteiger partial charge in [0.15, 0.2) is 5.78 Å². The first-order valence-electron chi connectivity index (χ1n) is 12.4. The van der Waals surface area contributed by atoms with Crippen LogP contribution in [0, 0.1) is 53.4 Å². The molecule has 9 atom stereocenters. The van der Waals surface area contributed by atoms with Gasteiger partial charge in [0.1, 0.15) is 0 Å². The third-order valence-electron chi connectivity index (χ3n) is 10.0. The number of carbonyl (C=O) groups is 1. The van der Waals surface area contributed by atoms with Crippen molar-refractivity contribution in [3.63, 3.8) is 0 Å². The Kier molecular flexibility index (Phi) is 5.09. The summed E-state index contributed by atoms with van der Waals surface area (Å²) in [6, 6.07) is 0. The highest BCUT2D eigenvalue weighted by Gasteiger charge is 2.60. The summed E-state index contributed by atoms with van der Waals surface area (Å²) in [6.45, 7) is 14.3. The molecule has 0 bridgehead atoms. The van der Waals surface area contributed by atoms with Gasteiger partial charge in [-0.25, -0.2) is 4.85 Å². The first kappa shape index (κ1) is 21.2. The molecule has 4 fully saturated rings. The predicted octanol–water partition coefficient (Wildman–Crippen LogP) is 5.27. The molecule has 168 valence electrons. The third kappa shape index (κ3) is 3.46. The van der Waals surface area contributed by atoms with E-state index < -0.39 is 5.60 Å². The molecule has 0 spiro atoms. The first-order chi connectivity index (χ1) is 14.7. The number of aliphatic hydroxyl groups is 1. The van der Waals surface area contributed by atoms with Crippen LogP contribution >= 0.6 is 0 Å². The number of ketones is 1. The Hall–Kier alpha value is -1.67. The van der Waals surface area contributed by atoms with Gasteiger partial charge < -0.3 is 5.11 Å². The zero-order valence-electron chi connectivity index (χ0n) is 19.3. The summed E-state index contributed by atoms with van der Waals surface area (Å²) in [7, 11) is 0. The lowest BCUT2D eigenvalue weighted by Gasteiger charge is -2.57. The molecular weight excluding hydrogens is 386 g/mol. The third-order valence-corrected chi connectivity index (χ3v) is 10.0. The molecule has 1 unspecified atom stereocenters. The minimum absolute atomic E-state index is 0.0977. The molecular formula is C26H37N3O2. The summed E-state index contributed by atoms with van der Waals surface area (Å²) >= 11 is 0. The summed E-state index contributed by atoms with van der Waals surface area (Å²) in [5, 5.41) is 14.8. The Labute approximate surface area is 186 Å². The van der Waals surface area contributed by atoms with Crippen molar-refractivity contribution < 1.29 is 9.90 Å². The number of nitrogens with zero attached hydrogens (tertiary/aromatic N) is 3. The summed E-state index contributed by atoms with van der Waals surface area (Å²) in [5.41, 5.74) is 0.135. The molecule has 0 saturated heterocycles. The Balaban J connectivity index is 1.34. The van der Waals surface area contributed by atoms with Crippen LogP contribution in [0.25, 0.3) is 4.85 Å². The second-order valence-electron chi connectivity index (χ2n) is 11.9. The fourth-order valence-electron chi connectivity index (χ4n) is 8.89. The minimum atomic E-state index is -0.463. The predicted molar refractivity (Wildman–Crippen MR) is 119 cm³/mol. The Bertz CT molecular complexity index is 899. The SMILES string of the molecule is [C-]#[N+]c1cnn(CC(=O)[C@H]2CC(C)[C@H]3[C@@H]4CC[C@@H]5C[C@](C)(O)CC[C@@H]5[C@H]4CC[C@]23C)c1. The van der Waals surface area contributed by atoms with E-state index in [1.54, 1.807) is 17.1 Å². The van der Waals surface area contributed by atoms with Gasteiger partial charge in [-0.3, -0.25) is 9.48 Å². The van der Waals surface area contributed by atoms with Gasteiger partial charge in [0.25, 0.3) is 0 Å². The second kappa shape index (κ2) is 7.44. The maximum atomic E-state index is 13.4. The van der Waals surface area contributed by atoms with E-state index >= 15 is 0 Å². The van der Waals surface area contributed by atoms with Crippen LogP contribution in [0.2, 0.25) is 0 Å². The average molecular weight is 424 g/mol. The largest absolute Gasteiger partial charge is 0.390 e. The van der Waals surface area contributed by atoms with E-state index in [2.05, 4.69) is 23.8 Å². The fourth-order valence-corrected chi connectivity index (χ4v) is 8.89. The van der Waals surface area contributed by atoms with E-state index in [1.165, 1.54) is 25.7 Å². The van der Waals surface area contributed by atoms with Gasteiger partial charge in [0.05, 0.1) is 24.9 Å². The molecule has 4 saturated carbocycles. The van der Waals surface area contributed by atoms with Crippen LogP contribution in [0.1, 0.15) is 72.1 Å². The second-order valence-corrected chi connectivity index (χ2v) is 11.9. The standard InChI is InChI=1S/C26H37N3O2/c1-16-11-22(23(30)15-29-14-18(27-4)13-28-29)26(3)10-8-20-19-7-9-25(2,31)12-17(19)5-6-21(20)24(16)26/h13-14,16-17,19-22,24,31H,5-12,15H2,1-3H3/t16?,17-,19+,20-,21-,22-,24+,25-,26-/m1/s1. The van der Waals surface area contributed by atoms with Gasteiger partial charge in [-0.1, -0.05) is 13.8 Å². The number of rotatable bonds is 3. The summed E-state index contributed by atoms with van der Waals surface area (Å²) in [6.07, 6.45) is 12.3. The van der Waals surface area contributed by atoms with E-state index in [0.29, 0.717) is 35.8 Å². The average Bonchev–Trinajstić information content (AvgIpc) is 3.28. The number of Topliss-reactive ketones (excluding diaryl/α,β-unsaturated/α-hetero) is 1. The van der Waals surface area contributed by atoms with E-state index in [4.69, 9.17) is 6.57 Å². The summed E-state index contributed by atoms with van der Waals surface area (Å²) < 4.78 is 1.65. The molecule has 31 heavy (non-hydrogen) atoms. The molecule has 0 aliphatic heterocycles. The monoisotopic (exact) mass is 423 g/mol. The van der Waals surface area contributed by atoms with Crippen molar-refractivity contribution in [2.75, 3.05) is 0 Å². The maximum absolute atomic E-state index is 13.4. The summed E-state index contributed by atoms with van der Waals surface area (Å²) in [5.74, 6) is 4.65. The number of fused-ring (bicyclic) bond motifs is 5. The van der Waals surface area contributed by atoms with Gasteiger partial charge in [0.2, 0.25) is 5.69 Å². The van der Waals surface area contributed by atoms with Crippen LogP contribution < -0.4 is 0 Å². The molecule has 5 nitrogen and oxygen atoms in total. The smallest absolute Gasteiger partial charge is 0.224 e. The zero-order valence-corrected chi connectivity index (χ0v) is 19.3. The molecule has 0 radical (unpaired) electrons. The maximum Gasteiger partial charge on any atom is 0.224 e. The number of aromatic nitrogens is 2. The van der Waals surface area contributed by atoms with Gasteiger partial charge in [-0.15, -0.1) is 0 Å². The van der Waals surface area contributed by atoms with Gasteiger partial charge in [0, 0.05) is 12.1 Å². The molecule has 1 heterocycles. The number of carbonyl (C=O) groups excluding carboxylic acids is 1. The van der Waals surface area contributed by atoms with Crippen molar-refractivity contribution in [2.45, 2.75) is 84.3 Å². The molecule has 4 aliphatic carbocycles. The zero-order chi connectivity index (χ0) is 22.0. The molecule has 1 aromatic rings. The van der Waals surface area contributed by atoms with E-state index in [9.17, 15) is 9.90 Å². The first-order valence-corrected chi connectivity index (χ1v) is 12.4. The highest BCUT2D eigenvalue weighted by atomic mass is 16.3.